The van der Waals surface area contributed by atoms with E-state index in [0.29, 0.717) is 6.04 Å². The van der Waals surface area contributed by atoms with Gasteiger partial charge >= 0.3 is 0 Å². The predicted molar refractivity (Wildman–Crippen MR) is 93.2 cm³/mol. The Balaban J connectivity index is 1.66. The predicted octanol–water partition coefficient (Wildman–Crippen LogP) is 4.10. The number of thioether (sulfide) groups is 2. The van der Waals surface area contributed by atoms with Gasteiger partial charge in [0.2, 0.25) is 0 Å². The van der Waals surface area contributed by atoms with Gasteiger partial charge in [-0.15, -0.1) is 0 Å². The van der Waals surface area contributed by atoms with E-state index >= 15 is 0 Å². The summed E-state index contributed by atoms with van der Waals surface area (Å²) < 4.78 is 6.97. The lowest BCUT2D eigenvalue weighted by Crippen LogP contribution is -2.31. The van der Waals surface area contributed by atoms with Crippen LogP contribution in [0.15, 0.2) is 22.7 Å². The molecule has 1 fully saturated rings. The molecular formula is C15H20BrNOS2. The summed E-state index contributed by atoms with van der Waals surface area (Å²) in [5.41, 5.74) is 1.32. The van der Waals surface area contributed by atoms with Gasteiger partial charge in [0.05, 0.1) is 6.61 Å². The van der Waals surface area contributed by atoms with E-state index in [1.54, 1.807) is 0 Å². The minimum absolute atomic E-state index is 0.438. The van der Waals surface area contributed by atoms with E-state index < -0.39 is 0 Å². The number of rotatable bonds is 3. The molecule has 20 heavy (non-hydrogen) atoms. The van der Waals surface area contributed by atoms with Crippen molar-refractivity contribution in [3.05, 3.63) is 28.2 Å². The second-order valence-corrected chi connectivity index (χ2v) is 8.68. The van der Waals surface area contributed by atoms with Crippen molar-refractivity contribution in [2.75, 3.05) is 30.4 Å². The normalized spacial score (nSPS) is 26.4. The fraction of sp³-hybridized carbons (Fsp3) is 0.600. The fourth-order valence-corrected chi connectivity index (χ4v) is 5.65. The molecule has 0 amide bonds. The summed E-state index contributed by atoms with van der Waals surface area (Å²) in [6.45, 7) is 1.94. The summed E-state index contributed by atoms with van der Waals surface area (Å²) in [4.78, 5) is 0. The molecule has 2 aliphatic heterocycles. The van der Waals surface area contributed by atoms with Gasteiger partial charge in [-0.1, -0.05) is 22.0 Å². The molecule has 2 unspecified atom stereocenters. The molecule has 1 N–H and O–H groups in total. The second-order valence-electron chi connectivity index (χ2n) is 5.20. The number of fused-ring (bicyclic) bond motifs is 1. The quantitative estimate of drug-likeness (QED) is 0.860. The van der Waals surface area contributed by atoms with Gasteiger partial charge < -0.3 is 10.1 Å². The Morgan fingerprint density at radius 3 is 3.15 bits per heavy atom. The van der Waals surface area contributed by atoms with Gasteiger partial charge in [0, 0.05) is 45.1 Å². The first-order valence-corrected chi connectivity index (χ1v) is 10.2. The molecule has 0 saturated carbocycles. The average Bonchev–Trinajstić information content (AvgIpc) is 2.68. The molecule has 1 aromatic carbocycles. The van der Waals surface area contributed by atoms with Crippen molar-refractivity contribution in [2.24, 2.45) is 0 Å². The van der Waals surface area contributed by atoms with Crippen LogP contribution in [0.1, 0.15) is 24.4 Å². The molecule has 5 heteroatoms. The maximum Gasteiger partial charge on any atom is 0.125 e. The molecule has 0 radical (unpaired) electrons. The third kappa shape index (κ3) is 3.87. The van der Waals surface area contributed by atoms with E-state index in [1.807, 2.05) is 0 Å². The van der Waals surface area contributed by atoms with Crippen LogP contribution in [0, 0.1) is 0 Å². The van der Waals surface area contributed by atoms with Crippen LogP contribution >= 0.6 is 39.5 Å². The number of nitrogens with one attached hydrogen (secondary N) is 1. The molecule has 110 valence electrons. The SMILES string of the molecule is Brc1ccc2c(c1)OCCCC2NCC1CSCCS1. The summed E-state index contributed by atoms with van der Waals surface area (Å²) in [5, 5.41) is 4.54. The van der Waals surface area contributed by atoms with Crippen LogP contribution in [0.25, 0.3) is 0 Å². The standard InChI is InChI=1S/C15H20BrNOS2/c16-11-3-4-13-14(2-1-5-18-15(13)8-11)17-9-12-10-19-6-7-20-12/h3-4,8,12,14,17H,1-2,5-7,9-10H2. The van der Waals surface area contributed by atoms with Crippen LogP contribution in [0.5, 0.6) is 5.75 Å². The van der Waals surface area contributed by atoms with Crippen LogP contribution in [-0.2, 0) is 0 Å². The molecule has 1 aromatic rings. The Hall–Kier alpha value is 0.160. The Morgan fingerprint density at radius 1 is 1.35 bits per heavy atom. The van der Waals surface area contributed by atoms with E-state index in [2.05, 4.69) is 63.0 Å². The lowest BCUT2D eigenvalue weighted by atomic mass is 10.0. The van der Waals surface area contributed by atoms with Crippen molar-refractivity contribution in [1.82, 2.24) is 5.32 Å². The number of ether oxygens (including phenoxy) is 1. The van der Waals surface area contributed by atoms with E-state index in [4.69, 9.17) is 4.74 Å². The van der Waals surface area contributed by atoms with Crippen LogP contribution < -0.4 is 10.1 Å². The number of hydrogen-bond donors (Lipinski definition) is 1. The second kappa shape index (κ2) is 7.43. The number of hydrogen-bond acceptors (Lipinski definition) is 4. The molecule has 0 aromatic heterocycles. The minimum Gasteiger partial charge on any atom is -0.493 e. The van der Waals surface area contributed by atoms with Crippen molar-refractivity contribution < 1.29 is 4.74 Å². The third-order valence-electron chi connectivity index (χ3n) is 3.72. The molecule has 3 rings (SSSR count). The maximum absolute atomic E-state index is 5.87. The maximum atomic E-state index is 5.87. The number of halogens is 1. The zero-order valence-corrected chi connectivity index (χ0v) is 14.7. The molecule has 2 heterocycles. The Kier molecular flexibility index (Phi) is 5.60. The molecule has 0 aliphatic carbocycles. The van der Waals surface area contributed by atoms with Gasteiger partial charge in [-0.25, -0.2) is 0 Å². The topological polar surface area (TPSA) is 21.3 Å². The zero-order chi connectivity index (χ0) is 13.8. The van der Waals surface area contributed by atoms with Crippen molar-refractivity contribution in [2.45, 2.75) is 24.1 Å². The highest BCUT2D eigenvalue weighted by Gasteiger charge is 2.21. The minimum atomic E-state index is 0.438. The van der Waals surface area contributed by atoms with Gasteiger partial charge in [-0.2, -0.15) is 23.5 Å². The van der Waals surface area contributed by atoms with Crippen molar-refractivity contribution in [3.8, 4) is 5.75 Å². The van der Waals surface area contributed by atoms with E-state index in [9.17, 15) is 0 Å². The fourth-order valence-electron chi connectivity index (χ4n) is 2.69. The van der Waals surface area contributed by atoms with Gasteiger partial charge in [0.25, 0.3) is 0 Å². The van der Waals surface area contributed by atoms with Crippen LogP contribution in [0.2, 0.25) is 0 Å². The highest BCUT2D eigenvalue weighted by molar-refractivity contribution is 9.10. The lowest BCUT2D eigenvalue weighted by Gasteiger charge is -2.25. The summed E-state index contributed by atoms with van der Waals surface area (Å²) >= 11 is 7.74. The number of benzene rings is 1. The largest absolute Gasteiger partial charge is 0.493 e. The third-order valence-corrected chi connectivity index (χ3v) is 7.06. The summed E-state index contributed by atoms with van der Waals surface area (Å²) in [6, 6.07) is 6.85. The van der Waals surface area contributed by atoms with Gasteiger partial charge in [-0.3, -0.25) is 0 Å². The van der Waals surface area contributed by atoms with Crippen LogP contribution in [-0.4, -0.2) is 35.7 Å². The first-order valence-electron chi connectivity index (χ1n) is 7.18. The smallest absolute Gasteiger partial charge is 0.125 e. The monoisotopic (exact) mass is 373 g/mol. The van der Waals surface area contributed by atoms with Gasteiger partial charge in [0.1, 0.15) is 5.75 Å². The van der Waals surface area contributed by atoms with Crippen LogP contribution in [0.3, 0.4) is 0 Å². The zero-order valence-electron chi connectivity index (χ0n) is 11.4. The van der Waals surface area contributed by atoms with E-state index in [1.165, 1.54) is 29.2 Å². The van der Waals surface area contributed by atoms with Crippen molar-refractivity contribution in [1.29, 1.82) is 0 Å². The molecule has 2 aliphatic rings. The van der Waals surface area contributed by atoms with Crippen molar-refractivity contribution in [3.63, 3.8) is 0 Å². The average molecular weight is 374 g/mol. The van der Waals surface area contributed by atoms with E-state index in [-0.39, 0.29) is 0 Å². The highest BCUT2D eigenvalue weighted by atomic mass is 79.9. The molecule has 0 bridgehead atoms. The molecule has 1 saturated heterocycles. The first-order chi connectivity index (χ1) is 9.83. The summed E-state index contributed by atoms with van der Waals surface area (Å²) in [7, 11) is 0. The van der Waals surface area contributed by atoms with Crippen molar-refractivity contribution >= 4 is 39.5 Å². The van der Waals surface area contributed by atoms with Gasteiger partial charge in [0.15, 0.2) is 0 Å². The Bertz CT molecular complexity index is 451. The molecule has 2 nitrogen and oxygen atoms in total. The Labute approximate surface area is 137 Å². The summed E-state index contributed by atoms with van der Waals surface area (Å²) in [6.07, 6.45) is 2.29. The Morgan fingerprint density at radius 2 is 2.30 bits per heavy atom. The lowest BCUT2D eigenvalue weighted by molar-refractivity contribution is 0.315. The van der Waals surface area contributed by atoms with Gasteiger partial charge in [-0.05, 0) is 25.0 Å². The molecule has 2 atom stereocenters. The first kappa shape index (κ1) is 15.1. The van der Waals surface area contributed by atoms with E-state index in [0.717, 1.165) is 35.0 Å². The highest BCUT2D eigenvalue weighted by Crippen LogP contribution is 2.34. The van der Waals surface area contributed by atoms with Crippen LogP contribution in [0.4, 0.5) is 0 Å². The summed E-state index contributed by atoms with van der Waals surface area (Å²) in [5.74, 6) is 4.94. The molecule has 0 spiro atoms. The molecular weight excluding hydrogens is 354 g/mol.